The fraction of sp³-hybridized carbons (Fsp3) is 0.333. The highest BCUT2D eigenvalue weighted by Gasteiger charge is 2.02. The van der Waals surface area contributed by atoms with Gasteiger partial charge in [0.1, 0.15) is 11.6 Å². The molecule has 0 amide bonds. The van der Waals surface area contributed by atoms with Gasteiger partial charge in [0.2, 0.25) is 5.16 Å². The minimum atomic E-state index is 0.717. The maximum Gasteiger partial charge on any atom is 0.208 e. The maximum atomic E-state index is 4.26. The first-order valence-electron chi connectivity index (χ1n) is 4.78. The van der Waals surface area contributed by atoms with Crippen LogP contribution >= 0.6 is 11.8 Å². The van der Waals surface area contributed by atoms with Gasteiger partial charge in [0.25, 0.3) is 0 Å². The zero-order valence-electron chi connectivity index (χ0n) is 9.06. The van der Waals surface area contributed by atoms with E-state index in [1.807, 2.05) is 14.0 Å². The smallest absolute Gasteiger partial charge is 0.208 e. The Morgan fingerprint density at radius 3 is 2.81 bits per heavy atom. The van der Waals surface area contributed by atoms with Crippen molar-refractivity contribution in [2.75, 3.05) is 12.4 Å². The molecule has 0 aromatic carbocycles. The molecular weight excluding hydrogens is 224 g/mol. The van der Waals surface area contributed by atoms with Crippen LogP contribution in [0.2, 0.25) is 0 Å². The number of thioether (sulfide) groups is 1. The summed E-state index contributed by atoms with van der Waals surface area (Å²) < 4.78 is 0. The molecule has 0 aliphatic carbocycles. The largest absolute Gasteiger partial charge is 0.372 e. The van der Waals surface area contributed by atoms with Crippen molar-refractivity contribution in [3.8, 4) is 0 Å². The molecule has 2 rings (SSSR count). The Balaban J connectivity index is 1.94. The monoisotopic (exact) mass is 236 g/mol. The van der Waals surface area contributed by atoms with Gasteiger partial charge in [-0.15, -0.1) is 5.10 Å². The summed E-state index contributed by atoms with van der Waals surface area (Å²) in [5.41, 5.74) is 0.909. The molecule has 0 bridgehead atoms. The molecular formula is C9H12N6S. The molecule has 0 spiro atoms. The van der Waals surface area contributed by atoms with Crippen molar-refractivity contribution in [2.45, 2.75) is 17.8 Å². The van der Waals surface area contributed by atoms with E-state index in [1.165, 1.54) is 11.8 Å². The zero-order chi connectivity index (χ0) is 11.4. The molecule has 0 aliphatic heterocycles. The van der Waals surface area contributed by atoms with Gasteiger partial charge in [-0.05, 0) is 6.92 Å². The van der Waals surface area contributed by atoms with E-state index in [9.17, 15) is 0 Å². The van der Waals surface area contributed by atoms with Gasteiger partial charge in [-0.2, -0.15) is 0 Å². The summed E-state index contributed by atoms with van der Waals surface area (Å²) in [6, 6.07) is 0. The number of aromatic amines is 1. The quantitative estimate of drug-likeness (QED) is 0.777. The van der Waals surface area contributed by atoms with Gasteiger partial charge in [0.15, 0.2) is 0 Å². The molecule has 0 aliphatic rings. The van der Waals surface area contributed by atoms with Crippen molar-refractivity contribution < 1.29 is 0 Å². The van der Waals surface area contributed by atoms with Crippen LogP contribution in [0.3, 0.4) is 0 Å². The summed E-state index contributed by atoms with van der Waals surface area (Å²) in [7, 11) is 1.81. The van der Waals surface area contributed by atoms with E-state index < -0.39 is 0 Å². The van der Waals surface area contributed by atoms with Crippen LogP contribution in [0.5, 0.6) is 0 Å². The molecule has 0 saturated heterocycles. The van der Waals surface area contributed by atoms with Gasteiger partial charge in [0, 0.05) is 12.8 Å². The van der Waals surface area contributed by atoms with E-state index in [0.29, 0.717) is 5.75 Å². The van der Waals surface area contributed by atoms with Gasteiger partial charge in [-0.25, -0.2) is 9.97 Å². The van der Waals surface area contributed by atoms with Crippen molar-refractivity contribution in [3.63, 3.8) is 0 Å². The summed E-state index contributed by atoms with van der Waals surface area (Å²) in [4.78, 5) is 12.6. The predicted molar refractivity (Wildman–Crippen MR) is 62.3 cm³/mol. The van der Waals surface area contributed by atoms with Crippen LogP contribution in [-0.2, 0) is 5.75 Å². The molecule has 0 saturated carbocycles. The summed E-state index contributed by atoms with van der Waals surface area (Å²) in [5.74, 6) is 2.30. The summed E-state index contributed by atoms with van der Waals surface area (Å²) in [6.07, 6.45) is 3.46. The van der Waals surface area contributed by atoms with Crippen molar-refractivity contribution in [1.82, 2.24) is 25.1 Å². The first-order valence-corrected chi connectivity index (χ1v) is 5.77. The lowest BCUT2D eigenvalue weighted by Gasteiger charge is -1.99. The van der Waals surface area contributed by atoms with Crippen molar-refractivity contribution in [3.05, 3.63) is 23.9 Å². The van der Waals surface area contributed by atoms with Crippen LogP contribution in [0, 0.1) is 6.92 Å². The molecule has 0 unspecified atom stereocenters. The minimum absolute atomic E-state index is 0.717. The third kappa shape index (κ3) is 2.69. The molecule has 2 aromatic heterocycles. The number of aromatic nitrogens is 5. The predicted octanol–water partition coefficient (Wildman–Crippen LogP) is 1.24. The van der Waals surface area contributed by atoms with Crippen molar-refractivity contribution >= 4 is 17.6 Å². The molecule has 7 heteroatoms. The highest BCUT2D eigenvalue weighted by atomic mass is 32.2. The molecule has 84 valence electrons. The average molecular weight is 236 g/mol. The number of hydrogen-bond donors (Lipinski definition) is 2. The molecule has 2 heterocycles. The highest BCUT2D eigenvalue weighted by Crippen LogP contribution is 2.17. The lowest BCUT2D eigenvalue weighted by molar-refractivity contribution is 0.967. The van der Waals surface area contributed by atoms with Gasteiger partial charge >= 0.3 is 0 Å². The summed E-state index contributed by atoms with van der Waals surface area (Å²) >= 11 is 1.53. The average Bonchev–Trinajstić information content (AvgIpc) is 2.73. The van der Waals surface area contributed by atoms with Crippen LogP contribution in [0.25, 0.3) is 0 Å². The second-order valence-electron chi connectivity index (χ2n) is 3.14. The second-order valence-corrected chi connectivity index (χ2v) is 4.08. The first kappa shape index (κ1) is 10.9. The number of nitrogens with zero attached hydrogens (tertiary/aromatic N) is 4. The van der Waals surface area contributed by atoms with Crippen LogP contribution in [-0.4, -0.2) is 32.2 Å². The van der Waals surface area contributed by atoms with E-state index in [1.54, 1.807) is 12.4 Å². The lowest BCUT2D eigenvalue weighted by Crippen LogP contribution is -1.95. The fourth-order valence-electron chi connectivity index (χ4n) is 1.08. The fourth-order valence-corrected chi connectivity index (χ4v) is 1.82. The van der Waals surface area contributed by atoms with Crippen LogP contribution in [0.1, 0.15) is 11.5 Å². The number of aryl methyl sites for hydroxylation is 1. The van der Waals surface area contributed by atoms with Crippen LogP contribution in [0.4, 0.5) is 5.82 Å². The first-order chi connectivity index (χ1) is 7.78. The number of anilines is 1. The number of H-pyrrole nitrogens is 1. The molecule has 0 fully saturated rings. The topological polar surface area (TPSA) is 79.4 Å². The highest BCUT2D eigenvalue weighted by molar-refractivity contribution is 7.98. The van der Waals surface area contributed by atoms with E-state index >= 15 is 0 Å². The Morgan fingerprint density at radius 2 is 2.25 bits per heavy atom. The SMILES string of the molecule is CNc1cnc(CSc2n[nH]c(C)n2)cn1. The Bertz CT molecular complexity index is 451. The molecule has 16 heavy (non-hydrogen) atoms. The minimum Gasteiger partial charge on any atom is -0.372 e. The van der Waals surface area contributed by atoms with Crippen molar-refractivity contribution in [1.29, 1.82) is 0 Å². The second kappa shape index (κ2) is 4.93. The zero-order valence-corrected chi connectivity index (χ0v) is 9.88. The van der Waals surface area contributed by atoms with E-state index in [2.05, 4.69) is 30.5 Å². The van der Waals surface area contributed by atoms with Crippen LogP contribution in [0.15, 0.2) is 17.6 Å². The number of rotatable bonds is 4. The van der Waals surface area contributed by atoms with Gasteiger partial charge in [-0.3, -0.25) is 10.1 Å². The van der Waals surface area contributed by atoms with Crippen LogP contribution < -0.4 is 5.32 Å². The summed E-state index contributed by atoms with van der Waals surface area (Å²) in [5, 5.41) is 10.5. The van der Waals surface area contributed by atoms with Gasteiger partial charge in [0.05, 0.1) is 18.1 Å². The molecule has 0 atom stereocenters. The Kier molecular flexibility index (Phi) is 3.35. The van der Waals surface area contributed by atoms with Crippen molar-refractivity contribution in [2.24, 2.45) is 0 Å². The normalized spacial score (nSPS) is 10.4. The Morgan fingerprint density at radius 1 is 1.38 bits per heavy atom. The third-order valence-corrected chi connectivity index (χ3v) is 2.77. The Hall–Kier alpha value is -1.63. The standard InChI is InChI=1S/C9H12N6S/c1-6-13-9(15-14-6)16-5-7-3-12-8(10-2)4-11-7/h3-4H,5H2,1-2H3,(H,10,12)(H,13,14,15). The van der Waals surface area contributed by atoms with E-state index in [4.69, 9.17) is 0 Å². The molecule has 0 radical (unpaired) electrons. The third-order valence-electron chi connectivity index (χ3n) is 1.89. The molecule has 6 nitrogen and oxygen atoms in total. The number of hydrogen-bond acceptors (Lipinski definition) is 6. The van der Waals surface area contributed by atoms with Gasteiger partial charge in [-0.1, -0.05) is 11.8 Å². The maximum absolute atomic E-state index is 4.26. The van der Waals surface area contributed by atoms with E-state index in [0.717, 1.165) is 22.5 Å². The lowest BCUT2D eigenvalue weighted by atomic mass is 10.5. The van der Waals surface area contributed by atoms with Gasteiger partial charge < -0.3 is 5.32 Å². The number of nitrogens with one attached hydrogen (secondary N) is 2. The Labute approximate surface area is 97.3 Å². The molecule has 2 aromatic rings. The molecule has 2 N–H and O–H groups in total. The van der Waals surface area contributed by atoms with E-state index in [-0.39, 0.29) is 0 Å². The summed E-state index contributed by atoms with van der Waals surface area (Å²) in [6.45, 7) is 1.87.